The molecular weight excluding hydrogens is 214 g/mol. The van der Waals surface area contributed by atoms with Crippen molar-refractivity contribution in [2.75, 3.05) is 27.2 Å². The van der Waals surface area contributed by atoms with E-state index in [1.54, 1.807) is 4.90 Å². The smallest absolute Gasteiger partial charge is 0.319 e. The summed E-state index contributed by atoms with van der Waals surface area (Å²) >= 11 is 0. The first-order valence-electron chi connectivity index (χ1n) is 6.64. The second kappa shape index (κ2) is 6.24. The van der Waals surface area contributed by atoms with Gasteiger partial charge in [-0.2, -0.15) is 0 Å². The highest BCUT2D eigenvalue weighted by Gasteiger charge is 2.24. The Morgan fingerprint density at radius 3 is 2.18 bits per heavy atom. The monoisotopic (exact) mass is 241 g/mol. The molecular formula is C13H27N3O. The van der Waals surface area contributed by atoms with E-state index >= 15 is 0 Å². The predicted octanol–water partition coefficient (Wildman–Crippen LogP) is 1.77. The van der Waals surface area contributed by atoms with Gasteiger partial charge in [0.05, 0.1) is 0 Å². The number of nitrogens with zero attached hydrogens (tertiary/aromatic N) is 2. The van der Waals surface area contributed by atoms with Gasteiger partial charge in [0.15, 0.2) is 0 Å². The largest absolute Gasteiger partial charge is 0.331 e. The van der Waals surface area contributed by atoms with Crippen LogP contribution < -0.4 is 5.32 Å². The minimum absolute atomic E-state index is 0.139. The summed E-state index contributed by atoms with van der Waals surface area (Å²) in [6.45, 7) is 8.46. The fourth-order valence-corrected chi connectivity index (χ4v) is 2.08. The van der Waals surface area contributed by atoms with E-state index in [-0.39, 0.29) is 6.03 Å². The van der Waals surface area contributed by atoms with Crippen LogP contribution in [0.25, 0.3) is 0 Å². The van der Waals surface area contributed by atoms with Crippen molar-refractivity contribution < 1.29 is 4.79 Å². The molecule has 0 aromatic carbocycles. The molecule has 1 fully saturated rings. The molecule has 1 rings (SSSR count). The zero-order valence-corrected chi connectivity index (χ0v) is 11.9. The van der Waals surface area contributed by atoms with Crippen LogP contribution in [0.5, 0.6) is 0 Å². The summed E-state index contributed by atoms with van der Waals surface area (Å²) in [5.41, 5.74) is 0. The fraction of sp³-hybridized carbons (Fsp3) is 0.923. The van der Waals surface area contributed by atoms with Gasteiger partial charge in [-0.05, 0) is 25.7 Å². The van der Waals surface area contributed by atoms with Crippen LogP contribution in [0.3, 0.4) is 0 Å². The molecule has 0 aromatic heterocycles. The Labute approximate surface area is 105 Å². The molecule has 4 nitrogen and oxygen atoms in total. The summed E-state index contributed by atoms with van der Waals surface area (Å²) in [5, 5.41) is 3.66. The number of rotatable bonds is 3. The molecule has 2 amide bonds. The standard InChI is InChI=1S/C13H27N3O/c1-10(2)11(3)14-12-6-8-16(9-7-12)13(17)15(4)5/h10-12,14H,6-9H2,1-5H3. The van der Waals surface area contributed by atoms with Crippen molar-refractivity contribution >= 4 is 6.03 Å². The number of hydrogen-bond donors (Lipinski definition) is 1. The maximum atomic E-state index is 11.8. The van der Waals surface area contributed by atoms with E-state index in [1.165, 1.54) is 0 Å². The second-order valence-electron chi connectivity index (χ2n) is 5.64. The predicted molar refractivity (Wildman–Crippen MR) is 71.1 cm³/mol. The summed E-state index contributed by atoms with van der Waals surface area (Å²) < 4.78 is 0. The first-order chi connectivity index (χ1) is 7.91. The van der Waals surface area contributed by atoms with Crippen LogP contribution in [-0.2, 0) is 0 Å². The van der Waals surface area contributed by atoms with Gasteiger partial charge in [-0.3, -0.25) is 0 Å². The number of nitrogens with one attached hydrogen (secondary N) is 1. The zero-order valence-electron chi connectivity index (χ0n) is 11.9. The van der Waals surface area contributed by atoms with E-state index in [0.29, 0.717) is 18.0 Å². The van der Waals surface area contributed by atoms with Gasteiger partial charge >= 0.3 is 6.03 Å². The molecule has 1 unspecified atom stereocenters. The van der Waals surface area contributed by atoms with E-state index in [2.05, 4.69) is 26.1 Å². The lowest BCUT2D eigenvalue weighted by Gasteiger charge is -2.35. The number of carbonyl (C=O) groups excluding carboxylic acids is 1. The van der Waals surface area contributed by atoms with Gasteiger partial charge < -0.3 is 15.1 Å². The molecule has 0 aromatic rings. The van der Waals surface area contributed by atoms with Crippen LogP contribution in [0.1, 0.15) is 33.6 Å². The molecule has 0 radical (unpaired) electrons. The van der Waals surface area contributed by atoms with Crippen molar-refractivity contribution in [1.82, 2.24) is 15.1 Å². The van der Waals surface area contributed by atoms with Gasteiger partial charge in [0.2, 0.25) is 0 Å². The van der Waals surface area contributed by atoms with Gasteiger partial charge in [-0.15, -0.1) is 0 Å². The third kappa shape index (κ3) is 4.19. The highest BCUT2D eigenvalue weighted by atomic mass is 16.2. The molecule has 100 valence electrons. The maximum Gasteiger partial charge on any atom is 0.319 e. The van der Waals surface area contributed by atoms with Crippen molar-refractivity contribution in [3.05, 3.63) is 0 Å². The number of hydrogen-bond acceptors (Lipinski definition) is 2. The van der Waals surface area contributed by atoms with Gasteiger partial charge in [0.1, 0.15) is 0 Å². The molecule has 0 aliphatic carbocycles. The minimum atomic E-state index is 0.139. The first kappa shape index (κ1) is 14.3. The van der Waals surface area contributed by atoms with Crippen molar-refractivity contribution in [2.24, 2.45) is 5.92 Å². The minimum Gasteiger partial charge on any atom is -0.331 e. The first-order valence-corrected chi connectivity index (χ1v) is 6.64. The average Bonchev–Trinajstić information content (AvgIpc) is 2.28. The van der Waals surface area contributed by atoms with E-state index in [1.807, 2.05) is 19.0 Å². The van der Waals surface area contributed by atoms with E-state index in [4.69, 9.17) is 0 Å². The lowest BCUT2D eigenvalue weighted by molar-refractivity contribution is 0.149. The van der Waals surface area contributed by atoms with Crippen molar-refractivity contribution in [1.29, 1.82) is 0 Å². The SMILES string of the molecule is CC(C)C(C)NC1CCN(C(=O)N(C)C)CC1. The summed E-state index contributed by atoms with van der Waals surface area (Å²) in [6.07, 6.45) is 2.13. The van der Waals surface area contributed by atoms with Crippen LogP contribution in [-0.4, -0.2) is 55.1 Å². The third-order valence-electron chi connectivity index (χ3n) is 3.65. The maximum absolute atomic E-state index is 11.8. The van der Waals surface area contributed by atoms with E-state index in [9.17, 15) is 4.79 Å². The van der Waals surface area contributed by atoms with E-state index < -0.39 is 0 Å². The number of urea groups is 1. The van der Waals surface area contributed by atoms with Crippen molar-refractivity contribution in [3.8, 4) is 0 Å². The van der Waals surface area contributed by atoms with Gasteiger partial charge in [-0.1, -0.05) is 13.8 Å². The lowest BCUT2D eigenvalue weighted by Crippen LogP contribution is -2.50. The Kier molecular flexibility index (Phi) is 5.25. The molecule has 1 heterocycles. The average molecular weight is 241 g/mol. The van der Waals surface area contributed by atoms with Crippen LogP contribution in [0.2, 0.25) is 0 Å². The molecule has 1 atom stereocenters. The molecule has 1 N–H and O–H groups in total. The second-order valence-corrected chi connectivity index (χ2v) is 5.64. The van der Waals surface area contributed by atoms with Gasteiger partial charge in [-0.25, -0.2) is 4.79 Å². The Balaban J connectivity index is 2.33. The highest BCUT2D eigenvalue weighted by molar-refractivity contribution is 5.73. The van der Waals surface area contributed by atoms with Crippen LogP contribution >= 0.6 is 0 Å². The number of likely N-dealkylation sites (tertiary alicyclic amines) is 1. The molecule has 0 bridgehead atoms. The van der Waals surface area contributed by atoms with Crippen molar-refractivity contribution in [2.45, 2.75) is 45.7 Å². The summed E-state index contributed by atoms with van der Waals surface area (Å²) in [4.78, 5) is 15.4. The molecule has 0 spiro atoms. The summed E-state index contributed by atoms with van der Waals surface area (Å²) in [6, 6.07) is 1.26. The Hall–Kier alpha value is -0.770. The van der Waals surface area contributed by atoms with Crippen molar-refractivity contribution in [3.63, 3.8) is 0 Å². The quantitative estimate of drug-likeness (QED) is 0.817. The molecule has 0 saturated carbocycles. The normalized spacial score (nSPS) is 19.5. The molecule has 4 heteroatoms. The Bertz CT molecular complexity index is 245. The van der Waals surface area contributed by atoms with Gasteiger partial charge in [0.25, 0.3) is 0 Å². The number of piperidine rings is 1. The number of carbonyl (C=O) groups is 1. The molecule has 1 aliphatic rings. The fourth-order valence-electron chi connectivity index (χ4n) is 2.08. The van der Waals surface area contributed by atoms with Crippen LogP contribution in [0.15, 0.2) is 0 Å². The summed E-state index contributed by atoms with van der Waals surface area (Å²) in [7, 11) is 3.63. The highest BCUT2D eigenvalue weighted by Crippen LogP contribution is 2.13. The van der Waals surface area contributed by atoms with Crippen LogP contribution in [0.4, 0.5) is 4.79 Å². The lowest BCUT2D eigenvalue weighted by atomic mass is 10.0. The van der Waals surface area contributed by atoms with Gasteiger partial charge in [0, 0.05) is 39.3 Å². The molecule has 17 heavy (non-hydrogen) atoms. The summed E-state index contributed by atoms with van der Waals surface area (Å²) in [5.74, 6) is 0.663. The zero-order chi connectivity index (χ0) is 13.0. The topological polar surface area (TPSA) is 35.6 Å². The Morgan fingerprint density at radius 2 is 1.76 bits per heavy atom. The van der Waals surface area contributed by atoms with Crippen LogP contribution in [0, 0.1) is 5.92 Å². The van der Waals surface area contributed by atoms with E-state index in [0.717, 1.165) is 25.9 Å². The third-order valence-corrected chi connectivity index (χ3v) is 3.65. The molecule has 1 aliphatic heterocycles. The Morgan fingerprint density at radius 1 is 1.24 bits per heavy atom. The molecule has 1 saturated heterocycles. The number of amides is 2.